The number of hydrogen-bond acceptors (Lipinski definition) is 3. The summed E-state index contributed by atoms with van der Waals surface area (Å²) >= 11 is 12.1. The van der Waals surface area contributed by atoms with Gasteiger partial charge in [0, 0.05) is 41.9 Å². The summed E-state index contributed by atoms with van der Waals surface area (Å²) in [5.41, 5.74) is 2.27. The largest absolute Gasteiger partial charge is 0.355 e. The summed E-state index contributed by atoms with van der Waals surface area (Å²) < 4.78 is 0. The van der Waals surface area contributed by atoms with Crippen LogP contribution in [0.3, 0.4) is 0 Å². The van der Waals surface area contributed by atoms with E-state index in [-0.39, 0.29) is 0 Å². The monoisotopic (exact) mass is 335 g/mol. The quantitative estimate of drug-likeness (QED) is 0.912. The fourth-order valence-electron chi connectivity index (χ4n) is 2.70. The lowest BCUT2D eigenvalue weighted by Gasteiger charge is -2.18. The molecule has 2 aromatic rings. The van der Waals surface area contributed by atoms with Gasteiger partial charge in [0.2, 0.25) is 0 Å². The van der Waals surface area contributed by atoms with Crippen LogP contribution in [-0.2, 0) is 6.54 Å². The lowest BCUT2D eigenvalue weighted by molar-refractivity contribution is 0.551. The van der Waals surface area contributed by atoms with Gasteiger partial charge in [-0.05, 0) is 42.7 Å². The Morgan fingerprint density at radius 3 is 2.86 bits per heavy atom. The first-order chi connectivity index (χ1) is 10.6. The van der Waals surface area contributed by atoms with Crippen LogP contribution in [-0.4, -0.2) is 24.1 Å². The molecular weight excluding hydrogens is 317 g/mol. The number of pyridine rings is 1. The molecule has 1 N–H and O–H groups in total. The lowest BCUT2D eigenvalue weighted by atomic mass is 10.2. The van der Waals surface area contributed by atoms with Gasteiger partial charge in [-0.25, -0.2) is 4.98 Å². The van der Waals surface area contributed by atoms with Crippen molar-refractivity contribution in [3.8, 4) is 0 Å². The van der Waals surface area contributed by atoms with Crippen molar-refractivity contribution in [3.05, 3.63) is 57.7 Å². The molecule has 2 heterocycles. The van der Waals surface area contributed by atoms with Crippen molar-refractivity contribution >= 4 is 29.0 Å². The normalized spacial score (nSPS) is 18.0. The minimum atomic E-state index is 0.454. The number of rotatable bonds is 4. The molecule has 3 rings (SSSR count). The molecule has 0 saturated carbocycles. The number of halogens is 2. The second kappa shape index (κ2) is 6.86. The number of aryl methyl sites for hydroxylation is 1. The van der Waals surface area contributed by atoms with Gasteiger partial charge < -0.3 is 10.2 Å². The second-order valence-corrected chi connectivity index (χ2v) is 6.59. The lowest BCUT2D eigenvalue weighted by Crippen LogP contribution is -2.32. The van der Waals surface area contributed by atoms with Crippen LogP contribution < -0.4 is 10.2 Å². The van der Waals surface area contributed by atoms with Crippen molar-refractivity contribution in [2.45, 2.75) is 25.9 Å². The Morgan fingerprint density at radius 2 is 2.14 bits per heavy atom. The van der Waals surface area contributed by atoms with Gasteiger partial charge in [0.25, 0.3) is 0 Å². The molecule has 5 heteroatoms. The van der Waals surface area contributed by atoms with E-state index in [1.165, 1.54) is 5.56 Å². The first-order valence-electron chi connectivity index (χ1n) is 7.47. The topological polar surface area (TPSA) is 28.2 Å². The molecule has 1 aliphatic heterocycles. The first-order valence-corrected chi connectivity index (χ1v) is 8.22. The van der Waals surface area contributed by atoms with Crippen LogP contribution in [0.25, 0.3) is 0 Å². The van der Waals surface area contributed by atoms with Crippen LogP contribution in [0.1, 0.15) is 17.5 Å². The maximum absolute atomic E-state index is 6.21. The van der Waals surface area contributed by atoms with E-state index in [0.717, 1.165) is 42.5 Å². The van der Waals surface area contributed by atoms with Crippen LogP contribution in [0.15, 0.2) is 36.5 Å². The molecule has 1 atom stereocenters. The number of hydrogen-bond donors (Lipinski definition) is 1. The Bertz CT molecular complexity index is 643. The van der Waals surface area contributed by atoms with E-state index < -0.39 is 0 Å². The Kier molecular flexibility index (Phi) is 4.87. The minimum Gasteiger partial charge on any atom is -0.355 e. The molecule has 1 fully saturated rings. The molecule has 0 radical (unpaired) electrons. The zero-order valence-corrected chi connectivity index (χ0v) is 14.0. The van der Waals surface area contributed by atoms with Crippen LogP contribution in [0, 0.1) is 6.92 Å². The van der Waals surface area contributed by atoms with Crippen molar-refractivity contribution in [3.63, 3.8) is 0 Å². The number of aromatic nitrogens is 1. The molecule has 116 valence electrons. The predicted octanol–water partition coefficient (Wildman–Crippen LogP) is 4.07. The Balaban J connectivity index is 1.56. The summed E-state index contributed by atoms with van der Waals surface area (Å²) in [7, 11) is 0. The molecule has 0 amide bonds. The number of nitrogens with zero attached hydrogens (tertiary/aromatic N) is 2. The SMILES string of the molecule is Cc1ccc(N2CC[C@H](NCc3ccc(Cl)cc3Cl)C2)nc1. The van der Waals surface area contributed by atoms with Crippen LogP contribution in [0.4, 0.5) is 5.82 Å². The number of anilines is 1. The molecule has 1 saturated heterocycles. The summed E-state index contributed by atoms with van der Waals surface area (Å²) in [5, 5.41) is 4.96. The van der Waals surface area contributed by atoms with E-state index in [4.69, 9.17) is 23.2 Å². The van der Waals surface area contributed by atoms with Gasteiger partial charge in [-0.3, -0.25) is 0 Å². The third kappa shape index (κ3) is 3.72. The third-order valence-electron chi connectivity index (χ3n) is 4.00. The summed E-state index contributed by atoms with van der Waals surface area (Å²) in [6.07, 6.45) is 3.03. The molecule has 0 bridgehead atoms. The molecule has 3 nitrogen and oxygen atoms in total. The van der Waals surface area contributed by atoms with E-state index in [0.29, 0.717) is 11.1 Å². The van der Waals surface area contributed by atoms with Gasteiger partial charge in [0.15, 0.2) is 0 Å². The summed E-state index contributed by atoms with van der Waals surface area (Å²) in [6, 6.07) is 10.3. The van der Waals surface area contributed by atoms with Gasteiger partial charge in [0.1, 0.15) is 5.82 Å². The zero-order valence-electron chi connectivity index (χ0n) is 12.5. The Hall–Kier alpha value is -1.29. The van der Waals surface area contributed by atoms with E-state index >= 15 is 0 Å². The molecule has 0 unspecified atom stereocenters. The fourth-order valence-corrected chi connectivity index (χ4v) is 3.18. The number of benzene rings is 1. The van der Waals surface area contributed by atoms with E-state index in [1.54, 1.807) is 6.07 Å². The van der Waals surface area contributed by atoms with E-state index in [2.05, 4.69) is 34.3 Å². The van der Waals surface area contributed by atoms with Gasteiger partial charge in [-0.15, -0.1) is 0 Å². The maximum atomic E-state index is 6.21. The van der Waals surface area contributed by atoms with Gasteiger partial charge in [0.05, 0.1) is 0 Å². The van der Waals surface area contributed by atoms with Crippen molar-refractivity contribution in [1.82, 2.24) is 10.3 Å². The smallest absolute Gasteiger partial charge is 0.128 e. The Morgan fingerprint density at radius 1 is 1.27 bits per heavy atom. The molecular formula is C17H19Cl2N3. The molecule has 0 aliphatic carbocycles. The third-order valence-corrected chi connectivity index (χ3v) is 4.59. The summed E-state index contributed by atoms with van der Waals surface area (Å²) in [5.74, 6) is 1.06. The van der Waals surface area contributed by atoms with Crippen molar-refractivity contribution in [2.24, 2.45) is 0 Å². The highest BCUT2D eigenvalue weighted by Crippen LogP contribution is 2.22. The maximum Gasteiger partial charge on any atom is 0.128 e. The van der Waals surface area contributed by atoms with Crippen molar-refractivity contribution < 1.29 is 0 Å². The molecule has 1 aliphatic rings. The first kappa shape index (κ1) is 15.6. The molecule has 22 heavy (non-hydrogen) atoms. The second-order valence-electron chi connectivity index (χ2n) is 5.74. The van der Waals surface area contributed by atoms with Crippen LogP contribution in [0.5, 0.6) is 0 Å². The van der Waals surface area contributed by atoms with Crippen molar-refractivity contribution in [1.29, 1.82) is 0 Å². The highest BCUT2D eigenvalue weighted by Gasteiger charge is 2.23. The van der Waals surface area contributed by atoms with Crippen LogP contribution in [0.2, 0.25) is 10.0 Å². The Labute approximate surface area is 141 Å². The predicted molar refractivity (Wildman–Crippen MR) is 92.9 cm³/mol. The van der Waals surface area contributed by atoms with E-state index in [9.17, 15) is 0 Å². The van der Waals surface area contributed by atoms with Crippen LogP contribution >= 0.6 is 23.2 Å². The molecule has 0 spiro atoms. The standard InChI is InChI=1S/C17H19Cl2N3/c1-12-2-5-17(21-9-12)22-7-6-15(11-22)20-10-13-3-4-14(18)8-16(13)19/h2-5,8-9,15,20H,6-7,10-11H2,1H3/t15-/m0/s1. The summed E-state index contributed by atoms with van der Waals surface area (Å²) in [6.45, 7) is 4.82. The van der Waals surface area contributed by atoms with Gasteiger partial charge in [-0.2, -0.15) is 0 Å². The highest BCUT2D eigenvalue weighted by atomic mass is 35.5. The highest BCUT2D eigenvalue weighted by molar-refractivity contribution is 6.35. The van der Waals surface area contributed by atoms with Gasteiger partial charge in [-0.1, -0.05) is 35.3 Å². The van der Waals surface area contributed by atoms with E-state index in [1.807, 2.05) is 18.3 Å². The average molecular weight is 336 g/mol. The van der Waals surface area contributed by atoms with Crippen molar-refractivity contribution in [2.75, 3.05) is 18.0 Å². The number of nitrogens with one attached hydrogen (secondary N) is 1. The fraction of sp³-hybridized carbons (Fsp3) is 0.353. The molecule has 1 aromatic carbocycles. The zero-order chi connectivity index (χ0) is 15.5. The average Bonchev–Trinajstić information content (AvgIpc) is 2.96. The summed E-state index contributed by atoms with van der Waals surface area (Å²) in [4.78, 5) is 6.82. The minimum absolute atomic E-state index is 0.454. The van der Waals surface area contributed by atoms with Gasteiger partial charge >= 0.3 is 0 Å². The molecule has 1 aromatic heterocycles.